The Morgan fingerprint density at radius 3 is 2.70 bits per heavy atom. The van der Waals surface area contributed by atoms with Gasteiger partial charge in [-0.25, -0.2) is 4.68 Å². The fraction of sp³-hybridized carbons (Fsp3) is 0.800. The minimum absolute atomic E-state index is 0.313. The monoisotopic (exact) mass is 158 g/mol. The third-order valence-electron chi connectivity index (χ3n) is 0.939. The molecular weight excluding hydrogens is 148 g/mol. The fourth-order valence-corrected chi connectivity index (χ4v) is 1.17. The molecule has 0 aromatic carbocycles. The van der Waals surface area contributed by atoms with Crippen LogP contribution in [0, 0.1) is 0 Å². The Labute approximate surface area is 63.4 Å². The van der Waals surface area contributed by atoms with Crippen molar-refractivity contribution in [3.8, 4) is 0 Å². The second kappa shape index (κ2) is 2.92. The highest BCUT2D eigenvalue weighted by molar-refractivity contribution is 7.02. The summed E-state index contributed by atoms with van der Waals surface area (Å²) in [7, 11) is 1.84. The van der Waals surface area contributed by atoms with Crippen molar-refractivity contribution in [2.75, 3.05) is 0 Å². The molecule has 0 N–H and O–H groups in total. The van der Waals surface area contributed by atoms with Crippen molar-refractivity contribution in [1.29, 1.82) is 0 Å². The van der Waals surface area contributed by atoms with E-state index in [-0.39, 0.29) is 0 Å². The van der Waals surface area contributed by atoms with Gasteiger partial charge in [-0.2, -0.15) is 0 Å². The average molecular weight is 158 g/mol. The minimum Gasteiger partial charge on any atom is -0.254 e. The maximum Gasteiger partial charge on any atom is 0.222 e. The molecule has 0 saturated carbocycles. The van der Waals surface area contributed by atoms with E-state index >= 15 is 0 Å². The Morgan fingerprint density at radius 1 is 1.60 bits per heavy atom. The van der Waals surface area contributed by atoms with E-state index in [1.165, 1.54) is 11.5 Å². The van der Waals surface area contributed by atoms with Gasteiger partial charge in [0.25, 0.3) is 0 Å². The molecule has 1 heterocycles. The number of rotatable bonds is 1. The normalized spacial score (nSPS) is 13.0. The van der Waals surface area contributed by atoms with Crippen LogP contribution in [0.25, 0.3) is 0 Å². The van der Waals surface area contributed by atoms with Crippen molar-refractivity contribution in [3.05, 3.63) is 4.80 Å². The van der Waals surface area contributed by atoms with E-state index in [0.29, 0.717) is 6.04 Å². The van der Waals surface area contributed by atoms with E-state index in [9.17, 15) is 0 Å². The van der Waals surface area contributed by atoms with Gasteiger partial charge in [0.2, 0.25) is 4.80 Å². The van der Waals surface area contributed by atoms with Crippen molar-refractivity contribution < 1.29 is 0 Å². The minimum atomic E-state index is 0.313. The lowest BCUT2D eigenvalue weighted by molar-refractivity contribution is 0.662. The van der Waals surface area contributed by atoms with Crippen LogP contribution in [-0.4, -0.2) is 20.4 Å². The van der Waals surface area contributed by atoms with Crippen LogP contribution in [0.1, 0.15) is 13.8 Å². The summed E-state index contributed by atoms with van der Waals surface area (Å²) < 4.78 is 5.41. The molecule has 1 rings (SSSR count). The molecule has 0 bridgehead atoms. The van der Waals surface area contributed by atoms with Gasteiger partial charge in [-0.1, -0.05) is 9.70 Å². The van der Waals surface area contributed by atoms with Gasteiger partial charge in [0.15, 0.2) is 0 Å². The first kappa shape index (κ1) is 7.40. The van der Waals surface area contributed by atoms with Gasteiger partial charge in [0.1, 0.15) is 0 Å². The number of hydrogen-bond donors (Lipinski definition) is 0. The van der Waals surface area contributed by atoms with Crippen LogP contribution in [0.3, 0.4) is 0 Å². The smallest absolute Gasteiger partial charge is 0.222 e. The van der Waals surface area contributed by atoms with Crippen molar-refractivity contribution in [2.24, 2.45) is 12.0 Å². The molecule has 0 aliphatic heterocycles. The zero-order chi connectivity index (χ0) is 7.56. The largest absolute Gasteiger partial charge is 0.254 e. The maximum absolute atomic E-state index is 4.28. The predicted octanol–water partition coefficient (Wildman–Crippen LogP) is 0.186. The molecule has 0 unspecified atom stereocenters. The quantitative estimate of drug-likeness (QED) is 0.585. The molecule has 0 fully saturated rings. The molecule has 1 aromatic rings. The first-order valence-corrected chi connectivity index (χ1v) is 3.87. The highest BCUT2D eigenvalue weighted by atomic mass is 32.1. The lowest BCUT2D eigenvalue weighted by atomic mass is 10.4. The molecule has 10 heavy (non-hydrogen) atoms. The number of nitrogens with zero attached hydrogens (tertiary/aromatic N) is 4. The molecule has 0 saturated heterocycles. The van der Waals surface area contributed by atoms with Crippen LogP contribution in [0.2, 0.25) is 0 Å². The van der Waals surface area contributed by atoms with Crippen molar-refractivity contribution in [1.82, 2.24) is 14.4 Å². The van der Waals surface area contributed by atoms with Gasteiger partial charge >= 0.3 is 0 Å². The molecule has 0 radical (unpaired) electrons. The van der Waals surface area contributed by atoms with Crippen LogP contribution >= 0.6 is 11.5 Å². The molecule has 4 nitrogen and oxygen atoms in total. The van der Waals surface area contributed by atoms with E-state index in [1.807, 2.05) is 20.9 Å². The Morgan fingerprint density at radius 2 is 2.30 bits per heavy atom. The summed E-state index contributed by atoms with van der Waals surface area (Å²) in [6.45, 7) is 4.06. The number of aryl methyl sites for hydroxylation is 1. The standard InChI is InChI=1S/C5H10N4S/c1-4(2)6-5-9(3)7-8-10-5/h4H,1-3H3. The Kier molecular flexibility index (Phi) is 2.16. The summed E-state index contributed by atoms with van der Waals surface area (Å²) in [6, 6.07) is 0.313. The molecule has 0 amide bonds. The first-order chi connectivity index (χ1) is 4.70. The number of hydrogen-bond acceptors (Lipinski definition) is 4. The van der Waals surface area contributed by atoms with Crippen molar-refractivity contribution in [3.63, 3.8) is 0 Å². The zero-order valence-corrected chi connectivity index (χ0v) is 7.09. The fourth-order valence-electron chi connectivity index (χ4n) is 0.535. The summed E-state index contributed by atoms with van der Waals surface area (Å²) in [5.74, 6) is 0. The Bertz CT molecular complexity index is 259. The van der Waals surface area contributed by atoms with Crippen molar-refractivity contribution in [2.45, 2.75) is 19.9 Å². The summed E-state index contributed by atoms with van der Waals surface area (Å²) in [4.78, 5) is 5.15. The topological polar surface area (TPSA) is 43.1 Å². The lowest BCUT2D eigenvalue weighted by Crippen LogP contribution is -2.14. The second-order valence-corrected chi connectivity index (χ2v) is 3.00. The van der Waals surface area contributed by atoms with Crippen LogP contribution in [0.4, 0.5) is 0 Å². The van der Waals surface area contributed by atoms with Crippen LogP contribution < -0.4 is 4.80 Å². The molecule has 0 atom stereocenters. The molecule has 1 aromatic heterocycles. The molecule has 56 valence electrons. The molecule has 0 aliphatic carbocycles. The summed E-state index contributed by atoms with van der Waals surface area (Å²) in [5.41, 5.74) is 0. The average Bonchev–Trinajstić information content (AvgIpc) is 2.15. The highest BCUT2D eigenvalue weighted by Crippen LogP contribution is 1.83. The third-order valence-corrected chi connectivity index (χ3v) is 1.63. The summed E-state index contributed by atoms with van der Waals surface area (Å²) in [5, 5.41) is 3.76. The Hall–Kier alpha value is -0.710. The van der Waals surface area contributed by atoms with Gasteiger partial charge in [-0.3, -0.25) is 4.99 Å². The van der Waals surface area contributed by atoms with Gasteiger partial charge in [-0.05, 0) is 13.8 Å². The predicted molar refractivity (Wildman–Crippen MR) is 39.6 cm³/mol. The SMILES string of the molecule is CC(C)N=c1snnn1C. The number of aromatic nitrogens is 3. The summed E-state index contributed by atoms with van der Waals surface area (Å²) >= 11 is 1.31. The maximum atomic E-state index is 4.28. The van der Waals surface area contributed by atoms with E-state index in [2.05, 4.69) is 14.7 Å². The van der Waals surface area contributed by atoms with Gasteiger partial charge in [0.05, 0.1) is 0 Å². The van der Waals surface area contributed by atoms with Gasteiger partial charge < -0.3 is 0 Å². The van der Waals surface area contributed by atoms with Gasteiger partial charge in [-0.15, -0.1) is 0 Å². The van der Waals surface area contributed by atoms with E-state index < -0.39 is 0 Å². The summed E-state index contributed by atoms with van der Waals surface area (Å²) in [6.07, 6.45) is 0. The highest BCUT2D eigenvalue weighted by Gasteiger charge is 1.91. The molecule has 0 aliphatic rings. The molecular formula is C5H10N4S. The second-order valence-electron chi connectivity index (χ2n) is 2.29. The zero-order valence-electron chi connectivity index (χ0n) is 6.27. The lowest BCUT2D eigenvalue weighted by Gasteiger charge is -1.91. The first-order valence-electron chi connectivity index (χ1n) is 3.09. The molecule has 0 spiro atoms. The van der Waals surface area contributed by atoms with Crippen LogP contribution in [0.5, 0.6) is 0 Å². The van der Waals surface area contributed by atoms with Crippen LogP contribution in [0.15, 0.2) is 4.99 Å². The van der Waals surface area contributed by atoms with E-state index in [4.69, 9.17) is 0 Å². The Balaban J connectivity index is 3.03. The third kappa shape index (κ3) is 1.63. The van der Waals surface area contributed by atoms with E-state index in [1.54, 1.807) is 4.68 Å². The van der Waals surface area contributed by atoms with E-state index in [0.717, 1.165) is 4.80 Å². The van der Waals surface area contributed by atoms with Crippen LogP contribution in [-0.2, 0) is 7.05 Å². The molecule has 5 heteroatoms. The van der Waals surface area contributed by atoms with Crippen molar-refractivity contribution >= 4 is 11.5 Å². The van der Waals surface area contributed by atoms with Gasteiger partial charge in [0, 0.05) is 24.6 Å².